The molecule has 2 atom stereocenters. The van der Waals surface area contributed by atoms with Crippen LogP contribution in [0.2, 0.25) is 5.02 Å². The van der Waals surface area contributed by atoms with Crippen LogP contribution in [-0.2, 0) is 13.0 Å². The highest BCUT2D eigenvalue weighted by Gasteiger charge is 2.32. The van der Waals surface area contributed by atoms with Gasteiger partial charge in [0, 0.05) is 11.4 Å². The fourth-order valence-electron chi connectivity index (χ4n) is 2.06. The third-order valence-electron chi connectivity index (χ3n) is 3.14. The maximum atomic E-state index is 12.7. The Morgan fingerprint density at radius 2 is 2.09 bits per heavy atom. The van der Waals surface area contributed by atoms with Crippen molar-refractivity contribution >= 4 is 11.6 Å². The van der Waals surface area contributed by atoms with Gasteiger partial charge in [-0.2, -0.15) is 18.3 Å². The van der Waals surface area contributed by atoms with Gasteiger partial charge in [0.25, 0.3) is 0 Å². The minimum Gasteiger partial charge on any atom is -0.391 e. The Bertz CT molecular complexity index is 672. The topological polar surface area (TPSA) is 77.0 Å². The van der Waals surface area contributed by atoms with Gasteiger partial charge in [0.1, 0.15) is 12.4 Å². The van der Waals surface area contributed by atoms with Gasteiger partial charge in [0.15, 0.2) is 5.82 Å². The summed E-state index contributed by atoms with van der Waals surface area (Å²) in [5, 5.41) is 13.9. The molecule has 1 heterocycles. The minimum atomic E-state index is -4.46. The molecular formula is C14H16ClF3N4O. The molecule has 0 bridgehead atoms. The summed E-state index contributed by atoms with van der Waals surface area (Å²) in [7, 11) is 0. The van der Waals surface area contributed by atoms with Gasteiger partial charge >= 0.3 is 6.18 Å². The molecule has 3 N–H and O–H groups in total. The van der Waals surface area contributed by atoms with E-state index in [9.17, 15) is 18.3 Å². The van der Waals surface area contributed by atoms with Crippen molar-refractivity contribution in [3.63, 3.8) is 0 Å². The first-order chi connectivity index (χ1) is 10.7. The molecule has 23 heavy (non-hydrogen) atoms. The molecule has 0 spiro atoms. The van der Waals surface area contributed by atoms with Crippen LogP contribution in [0.4, 0.5) is 13.2 Å². The second kappa shape index (κ2) is 6.86. The summed E-state index contributed by atoms with van der Waals surface area (Å²) >= 11 is 5.88. The van der Waals surface area contributed by atoms with Crippen molar-refractivity contribution < 1.29 is 18.3 Å². The van der Waals surface area contributed by atoms with Crippen LogP contribution in [0.3, 0.4) is 0 Å². The van der Waals surface area contributed by atoms with Crippen molar-refractivity contribution in [2.24, 2.45) is 5.73 Å². The highest BCUT2D eigenvalue weighted by atomic mass is 35.5. The summed E-state index contributed by atoms with van der Waals surface area (Å²) in [4.78, 5) is 4.06. The first-order valence-corrected chi connectivity index (χ1v) is 7.22. The second-order valence-electron chi connectivity index (χ2n) is 5.23. The number of benzene rings is 1. The highest BCUT2D eigenvalue weighted by molar-refractivity contribution is 6.30. The molecule has 0 aliphatic rings. The number of aliphatic hydroxyl groups is 1. The van der Waals surface area contributed by atoms with E-state index in [-0.39, 0.29) is 18.1 Å². The Morgan fingerprint density at radius 3 is 2.65 bits per heavy atom. The van der Waals surface area contributed by atoms with Crippen molar-refractivity contribution in [3.05, 3.63) is 46.5 Å². The molecular weight excluding hydrogens is 333 g/mol. The minimum absolute atomic E-state index is 0.102. The monoisotopic (exact) mass is 348 g/mol. The molecule has 0 saturated heterocycles. The number of rotatable bonds is 5. The standard InChI is InChI=1S/C14H16ClF3N4O/c1-8(23)12(19)13-20-11(21-22(13)7-14(16,17)18)6-9-3-2-4-10(15)5-9/h2-5,8,12,23H,6-7,19H2,1H3/t8-,12+/m1/s1. The van der Waals surface area contributed by atoms with E-state index in [1.54, 1.807) is 24.3 Å². The van der Waals surface area contributed by atoms with E-state index in [1.165, 1.54) is 6.92 Å². The van der Waals surface area contributed by atoms with Crippen molar-refractivity contribution in [2.45, 2.75) is 38.2 Å². The predicted octanol–water partition coefficient (Wildman–Crippen LogP) is 2.47. The maximum absolute atomic E-state index is 12.7. The second-order valence-corrected chi connectivity index (χ2v) is 5.67. The van der Waals surface area contributed by atoms with Crippen molar-refractivity contribution in [1.29, 1.82) is 0 Å². The van der Waals surface area contributed by atoms with Gasteiger partial charge in [-0.15, -0.1) is 0 Å². The number of nitrogens with zero attached hydrogens (tertiary/aromatic N) is 3. The molecule has 2 aromatic rings. The first-order valence-electron chi connectivity index (χ1n) is 6.84. The van der Waals surface area contributed by atoms with Gasteiger partial charge in [-0.3, -0.25) is 0 Å². The smallest absolute Gasteiger partial charge is 0.391 e. The largest absolute Gasteiger partial charge is 0.408 e. The molecule has 0 aliphatic heterocycles. The number of hydrogen-bond donors (Lipinski definition) is 2. The number of alkyl halides is 3. The Morgan fingerprint density at radius 1 is 1.39 bits per heavy atom. The van der Waals surface area contributed by atoms with Crippen LogP contribution in [0.15, 0.2) is 24.3 Å². The fourth-order valence-corrected chi connectivity index (χ4v) is 2.27. The molecule has 9 heteroatoms. The SMILES string of the molecule is C[C@@H](O)[C@H](N)c1nc(Cc2cccc(Cl)c2)nn1CC(F)(F)F. The Kier molecular flexibility index (Phi) is 5.28. The normalized spacial score (nSPS) is 14.7. The fraction of sp³-hybridized carbons (Fsp3) is 0.429. The molecule has 0 aliphatic carbocycles. The summed E-state index contributed by atoms with van der Waals surface area (Å²) < 4.78 is 38.7. The van der Waals surface area contributed by atoms with Crippen LogP contribution >= 0.6 is 11.6 Å². The van der Waals surface area contributed by atoms with E-state index in [4.69, 9.17) is 17.3 Å². The summed E-state index contributed by atoms with van der Waals surface area (Å²) in [6.07, 6.45) is -5.30. The molecule has 5 nitrogen and oxygen atoms in total. The van der Waals surface area contributed by atoms with Gasteiger partial charge in [-0.25, -0.2) is 9.67 Å². The van der Waals surface area contributed by atoms with E-state index >= 15 is 0 Å². The zero-order chi connectivity index (χ0) is 17.2. The summed E-state index contributed by atoms with van der Waals surface area (Å²) in [6.45, 7) is 0.0687. The zero-order valence-corrected chi connectivity index (χ0v) is 13.0. The maximum Gasteiger partial charge on any atom is 0.408 e. The van der Waals surface area contributed by atoms with Gasteiger partial charge in [-0.05, 0) is 24.6 Å². The number of aliphatic hydroxyl groups excluding tert-OH is 1. The van der Waals surface area contributed by atoms with Gasteiger partial charge in [0.05, 0.1) is 12.1 Å². The zero-order valence-electron chi connectivity index (χ0n) is 12.3. The molecule has 0 unspecified atom stereocenters. The summed E-state index contributed by atoms with van der Waals surface area (Å²) in [5.41, 5.74) is 6.49. The average molecular weight is 349 g/mol. The molecule has 2 rings (SSSR count). The lowest BCUT2D eigenvalue weighted by Gasteiger charge is -2.15. The Labute approximate surface area is 135 Å². The van der Waals surface area contributed by atoms with Crippen LogP contribution in [0.5, 0.6) is 0 Å². The highest BCUT2D eigenvalue weighted by Crippen LogP contribution is 2.22. The van der Waals surface area contributed by atoms with Crippen LogP contribution in [-0.4, -0.2) is 32.2 Å². The number of aromatic nitrogens is 3. The van der Waals surface area contributed by atoms with Crippen LogP contribution in [0.1, 0.15) is 30.2 Å². The predicted molar refractivity (Wildman–Crippen MR) is 78.9 cm³/mol. The van der Waals surface area contributed by atoms with Crippen LogP contribution < -0.4 is 5.73 Å². The van der Waals surface area contributed by atoms with Crippen LogP contribution in [0, 0.1) is 0 Å². The van der Waals surface area contributed by atoms with E-state index in [1.807, 2.05) is 0 Å². The average Bonchev–Trinajstić information content (AvgIpc) is 2.78. The molecule has 0 amide bonds. The van der Waals surface area contributed by atoms with Gasteiger partial charge in [0.2, 0.25) is 0 Å². The van der Waals surface area contributed by atoms with E-state index in [2.05, 4.69) is 10.1 Å². The lowest BCUT2D eigenvalue weighted by molar-refractivity contribution is -0.143. The molecule has 1 aromatic carbocycles. The molecule has 126 valence electrons. The van der Waals surface area contributed by atoms with E-state index < -0.39 is 24.9 Å². The lowest BCUT2D eigenvalue weighted by atomic mass is 10.1. The first kappa shape index (κ1) is 17.7. The molecule has 0 saturated carbocycles. The van der Waals surface area contributed by atoms with Crippen molar-refractivity contribution in [2.75, 3.05) is 0 Å². The van der Waals surface area contributed by atoms with Crippen LogP contribution in [0.25, 0.3) is 0 Å². The quantitative estimate of drug-likeness (QED) is 0.870. The lowest BCUT2D eigenvalue weighted by Crippen LogP contribution is -2.29. The van der Waals surface area contributed by atoms with E-state index in [0.717, 1.165) is 5.56 Å². The Hall–Kier alpha value is -1.64. The van der Waals surface area contributed by atoms with Gasteiger partial charge < -0.3 is 10.8 Å². The van der Waals surface area contributed by atoms with E-state index in [0.29, 0.717) is 9.70 Å². The Balaban J connectivity index is 2.32. The third-order valence-corrected chi connectivity index (χ3v) is 3.38. The number of hydrogen-bond acceptors (Lipinski definition) is 4. The number of halogens is 4. The number of nitrogens with two attached hydrogens (primary N) is 1. The summed E-state index contributed by atoms with van der Waals surface area (Å²) in [6, 6.07) is 5.81. The molecule has 1 aromatic heterocycles. The molecule has 0 radical (unpaired) electrons. The van der Waals surface area contributed by atoms with Crippen molar-refractivity contribution in [3.8, 4) is 0 Å². The third kappa shape index (κ3) is 4.92. The van der Waals surface area contributed by atoms with Crippen molar-refractivity contribution in [1.82, 2.24) is 14.8 Å². The van der Waals surface area contributed by atoms with Gasteiger partial charge in [-0.1, -0.05) is 23.7 Å². The summed E-state index contributed by atoms with van der Waals surface area (Å²) in [5.74, 6) is 0.0805. The molecule has 0 fully saturated rings.